The molecule has 1 aromatic carbocycles. The quantitative estimate of drug-likeness (QED) is 0.946. The number of imidazole rings is 1. The standard InChI is InChI=1S/C12H12BrFN2O/c1-16-7-15-6-11(16)12(17)5-8-4-9(13)2-3-10(8)14/h2-4,6-7,12,17H,5H2,1H3. The van der Waals surface area contributed by atoms with Gasteiger partial charge in [0.05, 0.1) is 24.3 Å². The Labute approximate surface area is 107 Å². The van der Waals surface area contributed by atoms with Crippen LogP contribution in [0.4, 0.5) is 4.39 Å². The van der Waals surface area contributed by atoms with Crippen molar-refractivity contribution in [2.75, 3.05) is 0 Å². The van der Waals surface area contributed by atoms with Crippen LogP contribution >= 0.6 is 15.9 Å². The van der Waals surface area contributed by atoms with E-state index in [9.17, 15) is 9.50 Å². The van der Waals surface area contributed by atoms with Crippen LogP contribution in [0.5, 0.6) is 0 Å². The van der Waals surface area contributed by atoms with Gasteiger partial charge in [-0.2, -0.15) is 0 Å². The van der Waals surface area contributed by atoms with E-state index in [0.29, 0.717) is 11.3 Å². The van der Waals surface area contributed by atoms with Gasteiger partial charge in [-0.25, -0.2) is 9.37 Å². The molecule has 0 saturated carbocycles. The molecule has 3 nitrogen and oxygen atoms in total. The number of benzene rings is 1. The third kappa shape index (κ3) is 2.73. The number of aliphatic hydroxyl groups excluding tert-OH is 1. The summed E-state index contributed by atoms with van der Waals surface area (Å²) in [7, 11) is 1.79. The molecule has 17 heavy (non-hydrogen) atoms. The molecule has 0 spiro atoms. The highest BCUT2D eigenvalue weighted by Crippen LogP contribution is 2.22. The lowest BCUT2D eigenvalue weighted by Gasteiger charge is -2.12. The van der Waals surface area contributed by atoms with E-state index in [2.05, 4.69) is 20.9 Å². The maximum absolute atomic E-state index is 13.5. The highest BCUT2D eigenvalue weighted by atomic mass is 79.9. The number of hydrogen-bond acceptors (Lipinski definition) is 2. The van der Waals surface area contributed by atoms with Crippen molar-refractivity contribution in [1.82, 2.24) is 9.55 Å². The molecule has 0 amide bonds. The second-order valence-electron chi connectivity index (χ2n) is 3.89. The van der Waals surface area contributed by atoms with Crippen molar-refractivity contribution in [2.45, 2.75) is 12.5 Å². The number of nitrogens with zero attached hydrogens (tertiary/aromatic N) is 2. The first kappa shape index (κ1) is 12.3. The summed E-state index contributed by atoms with van der Waals surface area (Å²) in [6, 6.07) is 4.69. The summed E-state index contributed by atoms with van der Waals surface area (Å²) in [5, 5.41) is 10.0. The minimum Gasteiger partial charge on any atom is -0.386 e. The van der Waals surface area contributed by atoms with Crippen molar-refractivity contribution in [3.8, 4) is 0 Å². The molecule has 90 valence electrons. The fourth-order valence-electron chi connectivity index (χ4n) is 1.70. The van der Waals surface area contributed by atoms with E-state index in [1.165, 1.54) is 6.07 Å². The van der Waals surface area contributed by atoms with Gasteiger partial charge in [0, 0.05) is 17.9 Å². The van der Waals surface area contributed by atoms with Gasteiger partial charge in [0.2, 0.25) is 0 Å². The van der Waals surface area contributed by atoms with Gasteiger partial charge < -0.3 is 9.67 Å². The highest BCUT2D eigenvalue weighted by Gasteiger charge is 2.14. The summed E-state index contributed by atoms with van der Waals surface area (Å²) >= 11 is 3.28. The van der Waals surface area contributed by atoms with Crippen LogP contribution in [0.2, 0.25) is 0 Å². The van der Waals surface area contributed by atoms with Crippen molar-refractivity contribution in [3.05, 3.63) is 52.3 Å². The summed E-state index contributed by atoms with van der Waals surface area (Å²) in [5.74, 6) is -0.311. The third-order valence-electron chi connectivity index (χ3n) is 2.62. The molecule has 0 aliphatic heterocycles. The van der Waals surface area contributed by atoms with Crippen molar-refractivity contribution in [1.29, 1.82) is 0 Å². The van der Waals surface area contributed by atoms with Crippen LogP contribution in [0.1, 0.15) is 17.4 Å². The van der Waals surface area contributed by atoms with E-state index < -0.39 is 6.10 Å². The molecule has 0 fully saturated rings. The summed E-state index contributed by atoms with van der Waals surface area (Å²) in [4.78, 5) is 3.92. The minimum atomic E-state index is -0.758. The summed E-state index contributed by atoms with van der Waals surface area (Å²) in [6.45, 7) is 0. The van der Waals surface area contributed by atoms with Crippen molar-refractivity contribution in [3.63, 3.8) is 0 Å². The summed E-state index contributed by atoms with van der Waals surface area (Å²) in [6.07, 6.45) is 2.66. The minimum absolute atomic E-state index is 0.227. The first-order valence-electron chi connectivity index (χ1n) is 5.16. The lowest BCUT2D eigenvalue weighted by molar-refractivity contribution is 0.169. The van der Waals surface area contributed by atoms with E-state index in [0.717, 1.165) is 4.47 Å². The molecule has 0 radical (unpaired) electrons. The smallest absolute Gasteiger partial charge is 0.126 e. The van der Waals surface area contributed by atoms with E-state index in [4.69, 9.17) is 0 Å². The number of aromatic nitrogens is 2. The summed E-state index contributed by atoms with van der Waals surface area (Å²) < 4.78 is 16.0. The number of rotatable bonds is 3. The van der Waals surface area contributed by atoms with Crippen LogP contribution in [0.25, 0.3) is 0 Å². The zero-order chi connectivity index (χ0) is 12.4. The molecular formula is C12H12BrFN2O. The molecule has 1 heterocycles. The lowest BCUT2D eigenvalue weighted by atomic mass is 10.1. The lowest BCUT2D eigenvalue weighted by Crippen LogP contribution is -2.07. The molecule has 0 aliphatic rings. The Balaban J connectivity index is 2.21. The Bertz CT molecular complexity index is 527. The number of hydrogen-bond donors (Lipinski definition) is 1. The summed E-state index contributed by atoms with van der Waals surface area (Å²) in [5.41, 5.74) is 1.15. The number of halogens is 2. The average Bonchev–Trinajstić information content (AvgIpc) is 2.70. The van der Waals surface area contributed by atoms with Crippen LogP contribution in [-0.4, -0.2) is 14.7 Å². The Morgan fingerprint density at radius 1 is 1.53 bits per heavy atom. The number of aryl methyl sites for hydroxylation is 1. The topological polar surface area (TPSA) is 38.0 Å². The van der Waals surface area contributed by atoms with E-state index in [1.54, 1.807) is 36.3 Å². The number of aliphatic hydroxyl groups is 1. The zero-order valence-electron chi connectivity index (χ0n) is 9.27. The molecule has 1 atom stereocenters. The molecule has 5 heteroatoms. The average molecular weight is 299 g/mol. The van der Waals surface area contributed by atoms with Gasteiger partial charge in [-0.15, -0.1) is 0 Å². The SMILES string of the molecule is Cn1cncc1C(O)Cc1cc(Br)ccc1F. The molecule has 2 rings (SSSR count). The molecule has 2 aromatic rings. The molecular weight excluding hydrogens is 287 g/mol. The van der Waals surface area contributed by atoms with Gasteiger partial charge in [0.1, 0.15) is 5.82 Å². The first-order chi connectivity index (χ1) is 8.08. The van der Waals surface area contributed by atoms with E-state index in [1.807, 2.05) is 0 Å². The first-order valence-corrected chi connectivity index (χ1v) is 5.95. The van der Waals surface area contributed by atoms with Gasteiger partial charge in [-0.05, 0) is 23.8 Å². The highest BCUT2D eigenvalue weighted by molar-refractivity contribution is 9.10. The molecule has 1 unspecified atom stereocenters. The molecule has 0 bridgehead atoms. The van der Waals surface area contributed by atoms with Crippen LogP contribution in [-0.2, 0) is 13.5 Å². The normalized spacial score (nSPS) is 12.7. The van der Waals surface area contributed by atoms with Gasteiger partial charge in [-0.3, -0.25) is 0 Å². The van der Waals surface area contributed by atoms with Crippen molar-refractivity contribution < 1.29 is 9.50 Å². The maximum atomic E-state index is 13.5. The Kier molecular flexibility index (Phi) is 3.59. The monoisotopic (exact) mass is 298 g/mol. The molecule has 1 N–H and O–H groups in total. The second-order valence-corrected chi connectivity index (χ2v) is 4.80. The van der Waals surface area contributed by atoms with Crippen LogP contribution < -0.4 is 0 Å². The Morgan fingerprint density at radius 2 is 2.29 bits per heavy atom. The van der Waals surface area contributed by atoms with Crippen LogP contribution in [0.3, 0.4) is 0 Å². The molecule has 0 saturated heterocycles. The fourth-order valence-corrected chi connectivity index (χ4v) is 2.11. The maximum Gasteiger partial charge on any atom is 0.126 e. The predicted octanol–water partition coefficient (Wildman–Crippen LogP) is 2.60. The van der Waals surface area contributed by atoms with Gasteiger partial charge in [-0.1, -0.05) is 15.9 Å². The van der Waals surface area contributed by atoms with E-state index in [-0.39, 0.29) is 12.2 Å². The van der Waals surface area contributed by atoms with Crippen LogP contribution in [0.15, 0.2) is 35.2 Å². The third-order valence-corrected chi connectivity index (χ3v) is 3.11. The van der Waals surface area contributed by atoms with E-state index >= 15 is 0 Å². The Hall–Kier alpha value is -1.20. The zero-order valence-corrected chi connectivity index (χ0v) is 10.9. The van der Waals surface area contributed by atoms with Crippen LogP contribution in [0, 0.1) is 5.82 Å². The van der Waals surface area contributed by atoms with Gasteiger partial charge in [0.25, 0.3) is 0 Å². The Morgan fingerprint density at radius 3 is 2.94 bits per heavy atom. The largest absolute Gasteiger partial charge is 0.386 e. The fraction of sp³-hybridized carbons (Fsp3) is 0.250. The second kappa shape index (κ2) is 4.98. The predicted molar refractivity (Wildman–Crippen MR) is 66.0 cm³/mol. The van der Waals surface area contributed by atoms with Crippen molar-refractivity contribution >= 4 is 15.9 Å². The molecule has 1 aromatic heterocycles. The molecule has 0 aliphatic carbocycles. The van der Waals surface area contributed by atoms with Gasteiger partial charge >= 0.3 is 0 Å². The van der Waals surface area contributed by atoms with Crippen molar-refractivity contribution in [2.24, 2.45) is 7.05 Å². The van der Waals surface area contributed by atoms with Gasteiger partial charge in [0.15, 0.2) is 0 Å².